The summed E-state index contributed by atoms with van der Waals surface area (Å²) >= 11 is 0. The molecule has 0 saturated heterocycles. The molecule has 4 rings (SSSR count). The van der Waals surface area contributed by atoms with Crippen molar-refractivity contribution in [3.05, 3.63) is 135 Å². The topological polar surface area (TPSA) is 0 Å². The molecule has 0 amide bonds. The second-order valence-electron chi connectivity index (χ2n) is 7.35. The quantitative estimate of drug-likeness (QED) is 0.106. The molecule has 0 bridgehead atoms. The van der Waals surface area contributed by atoms with Crippen molar-refractivity contribution in [2.75, 3.05) is 12.3 Å². The first-order chi connectivity index (χ1) is 15.8. The van der Waals surface area contributed by atoms with Crippen LogP contribution in [0.1, 0.15) is 12.8 Å². The third-order valence-corrected chi connectivity index (χ3v) is 10.2. The van der Waals surface area contributed by atoms with Gasteiger partial charge in [0.25, 0.3) is 0 Å². The van der Waals surface area contributed by atoms with E-state index in [-0.39, 0.29) is 60.6 Å². The summed E-state index contributed by atoms with van der Waals surface area (Å²) in [5.74, 6) is 0. The van der Waals surface area contributed by atoms with Crippen LogP contribution in [0.4, 0.5) is 0 Å². The molecule has 0 aliphatic heterocycles. The van der Waals surface area contributed by atoms with E-state index in [0.29, 0.717) is 0 Å². The Balaban J connectivity index is 0.000000321. The zero-order chi connectivity index (χ0) is 22.4. The first kappa shape index (κ1) is 31.3. The predicted octanol–water partition coefficient (Wildman–Crippen LogP) is 6.68. The second kappa shape index (κ2) is 18.5. The summed E-state index contributed by atoms with van der Waals surface area (Å²) in [7, 11) is -0.427. The van der Waals surface area contributed by atoms with Crippen molar-refractivity contribution in [1.82, 2.24) is 0 Å². The standard InChI is InChI=1S/2C15H16P.2Au/c2*1-2-13-16(14-9-5-3-6-10-14)15-11-7-4-8-12-15;;/h2*3-12H,1-2,13H2;;/q2*-1;2*+1. The minimum Gasteiger partial charge on any atom is -0.343 e. The molecule has 0 saturated carbocycles. The van der Waals surface area contributed by atoms with Crippen molar-refractivity contribution in [3.63, 3.8) is 0 Å². The van der Waals surface area contributed by atoms with E-state index in [1.807, 2.05) is 0 Å². The fourth-order valence-electron chi connectivity index (χ4n) is 3.56. The van der Waals surface area contributed by atoms with Crippen LogP contribution in [0.2, 0.25) is 0 Å². The van der Waals surface area contributed by atoms with Gasteiger partial charge in [-0.15, -0.1) is 0 Å². The van der Waals surface area contributed by atoms with Gasteiger partial charge in [-0.2, -0.15) is 12.8 Å². The zero-order valence-electron chi connectivity index (χ0n) is 19.3. The minimum absolute atomic E-state index is 0. The largest absolute Gasteiger partial charge is 1.00 e. The maximum atomic E-state index is 3.99. The summed E-state index contributed by atoms with van der Waals surface area (Å²) in [5.41, 5.74) is 0. The summed E-state index contributed by atoms with van der Waals surface area (Å²) in [6.07, 6.45) is 4.33. The molecule has 0 fully saturated rings. The van der Waals surface area contributed by atoms with E-state index in [0.717, 1.165) is 12.8 Å². The normalized spacial score (nSPS) is 10.0. The number of hydrogen-bond acceptors (Lipinski definition) is 0. The molecule has 4 aromatic rings. The van der Waals surface area contributed by atoms with Gasteiger partial charge in [0.15, 0.2) is 0 Å². The van der Waals surface area contributed by atoms with Gasteiger partial charge in [-0.1, -0.05) is 134 Å². The van der Waals surface area contributed by atoms with Crippen molar-refractivity contribution in [2.45, 2.75) is 12.8 Å². The Hall–Kier alpha value is -0.779. The van der Waals surface area contributed by atoms with Crippen LogP contribution in [0.5, 0.6) is 0 Å². The zero-order valence-corrected chi connectivity index (χ0v) is 25.4. The van der Waals surface area contributed by atoms with Crippen molar-refractivity contribution in [1.29, 1.82) is 0 Å². The fourth-order valence-corrected chi connectivity index (χ4v) is 7.95. The van der Waals surface area contributed by atoms with Crippen molar-refractivity contribution in [2.24, 2.45) is 0 Å². The van der Waals surface area contributed by atoms with Crippen LogP contribution >= 0.6 is 15.8 Å². The Labute approximate surface area is 240 Å². The average Bonchev–Trinajstić information content (AvgIpc) is 2.88. The van der Waals surface area contributed by atoms with E-state index in [1.165, 1.54) is 33.5 Å². The first-order valence-electron chi connectivity index (χ1n) is 11.2. The average molecular weight is 848 g/mol. The van der Waals surface area contributed by atoms with E-state index in [4.69, 9.17) is 0 Å². The molecule has 184 valence electrons. The van der Waals surface area contributed by atoms with Crippen LogP contribution < -0.4 is 21.2 Å². The Morgan fingerprint density at radius 3 is 0.765 bits per heavy atom. The van der Waals surface area contributed by atoms with Crippen LogP contribution in [-0.2, 0) is 44.8 Å². The van der Waals surface area contributed by atoms with Gasteiger partial charge in [-0.3, -0.25) is 0 Å². The summed E-state index contributed by atoms with van der Waals surface area (Å²) in [4.78, 5) is 0. The molecule has 0 atom stereocenters. The summed E-state index contributed by atoms with van der Waals surface area (Å²) < 4.78 is 0. The second-order valence-corrected chi connectivity index (χ2v) is 12.0. The molecule has 0 unspecified atom stereocenters. The molecule has 0 N–H and O–H groups in total. The number of hydrogen-bond donors (Lipinski definition) is 0. The van der Waals surface area contributed by atoms with Crippen LogP contribution in [0.25, 0.3) is 0 Å². The maximum Gasteiger partial charge on any atom is 1.00 e. The van der Waals surface area contributed by atoms with Crippen molar-refractivity contribution < 1.29 is 44.8 Å². The van der Waals surface area contributed by atoms with E-state index in [9.17, 15) is 0 Å². The molecule has 34 heavy (non-hydrogen) atoms. The van der Waals surface area contributed by atoms with Gasteiger partial charge >= 0.3 is 44.8 Å². The van der Waals surface area contributed by atoms with Gasteiger partial charge in [-0.05, 0) is 37.1 Å². The molecule has 0 nitrogen and oxygen atoms in total. The Kier molecular flexibility index (Phi) is 17.0. The molecule has 0 aliphatic carbocycles. The van der Waals surface area contributed by atoms with Gasteiger partial charge in [-0.25, -0.2) is 0 Å². The van der Waals surface area contributed by atoms with Crippen molar-refractivity contribution in [3.8, 4) is 0 Å². The Bertz CT molecular complexity index is 833. The fraction of sp³-hybridized carbons (Fsp3) is 0.133. The van der Waals surface area contributed by atoms with E-state index < -0.39 is 0 Å². The van der Waals surface area contributed by atoms with Gasteiger partial charge in [0, 0.05) is 0 Å². The molecule has 0 spiro atoms. The third-order valence-electron chi connectivity index (χ3n) is 5.03. The van der Waals surface area contributed by atoms with E-state index in [2.05, 4.69) is 135 Å². The molecule has 0 radical (unpaired) electrons. The summed E-state index contributed by atoms with van der Waals surface area (Å²) in [6.45, 7) is 7.99. The molecule has 0 aromatic heterocycles. The molecule has 0 aliphatic rings. The smallest absolute Gasteiger partial charge is 0.343 e. The third kappa shape index (κ3) is 10.1. The predicted molar refractivity (Wildman–Crippen MR) is 148 cm³/mol. The van der Waals surface area contributed by atoms with E-state index >= 15 is 0 Å². The monoisotopic (exact) mass is 848 g/mol. The molecular formula is C30H32Au2P2. The van der Waals surface area contributed by atoms with Crippen LogP contribution in [0.15, 0.2) is 121 Å². The summed E-state index contributed by atoms with van der Waals surface area (Å²) in [6, 6.07) is 43.1. The van der Waals surface area contributed by atoms with Gasteiger partial charge in [0.1, 0.15) is 0 Å². The SMILES string of the molecule is [Au+].[Au+].[CH2-]CCP(c1ccccc1)c1ccccc1.[CH2-]CCP(c1ccccc1)c1ccccc1. The van der Waals surface area contributed by atoms with Gasteiger partial charge in [0.2, 0.25) is 0 Å². The van der Waals surface area contributed by atoms with Crippen LogP contribution in [0.3, 0.4) is 0 Å². The molecule has 0 heterocycles. The maximum absolute atomic E-state index is 3.99. The van der Waals surface area contributed by atoms with Crippen molar-refractivity contribution >= 4 is 37.1 Å². The number of benzene rings is 4. The van der Waals surface area contributed by atoms with Gasteiger partial charge in [0.05, 0.1) is 0 Å². The van der Waals surface area contributed by atoms with Crippen LogP contribution in [0, 0.1) is 13.8 Å². The molecular weight excluding hydrogens is 816 g/mol. The van der Waals surface area contributed by atoms with E-state index in [1.54, 1.807) is 0 Å². The molecule has 4 heteroatoms. The minimum atomic E-state index is -0.213. The van der Waals surface area contributed by atoms with Crippen LogP contribution in [-0.4, -0.2) is 12.3 Å². The Morgan fingerprint density at radius 1 is 0.382 bits per heavy atom. The van der Waals surface area contributed by atoms with Gasteiger partial charge < -0.3 is 13.8 Å². The summed E-state index contributed by atoms with van der Waals surface area (Å²) in [5, 5.41) is 5.81. The molecule has 4 aromatic carbocycles. The Morgan fingerprint density at radius 2 is 0.588 bits per heavy atom. The number of rotatable bonds is 8. The first-order valence-corrected chi connectivity index (χ1v) is 14.2.